The molecule has 0 atom stereocenters. The van der Waals surface area contributed by atoms with Gasteiger partial charge in [-0.05, 0) is 37.5 Å². The summed E-state index contributed by atoms with van der Waals surface area (Å²) in [4.78, 5) is 10.5. The molecule has 0 aliphatic heterocycles. The topological polar surface area (TPSA) is 37.3 Å². The first kappa shape index (κ1) is 11.4. The molecule has 0 radical (unpaired) electrons. The Kier molecular flexibility index (Phi) is 3.24. The minimum absolute atomic E-state index is 0.170. The average molecular weight is 208 g/mol. The van der Waals surface area contributed by atoms with E-state index in [2.05, 4.69) is 0 Å². The number of allylic oxidation sites excluding steroid dienone is 1. The van der Waals surface area contributed by atoms with Gasteiger partial charge in [0, 0.05) is 0 Å². The molecule has 0 fully saturated rings. The van der Waals surface area contributed by atoms with Gasteiger partial charge in [-0.25, -0.2) is 4.79 Å². The fraction of sp³-hybridized carbons (Fsp3) is 0.250. The molecule has 1 rings (SSSR count). The molecule has 0 bridgehead atoms. The predicted octanol–water partition coefficient (Wildman–Crippen LogP) is 3.09. The number of carbonyl (C=O) groups is 1. The van der Waals surface area contributed by atoms with E-state index < -0.39 is 11.8 Å². The summed E-state index contributed by atoms with van der Waals surface area (Å²) in [6.07, 6.45) is 0. The van der Waals surface area contributed by atoms with E-state index in [1.165, 1.54) is 6.92 Å². The highest BCUT2D eigenvalue weighted by molar-refractivity contribution is 5.93. The maximum Gasteiger partial charge on any atom is 0.365 e. The fourth-order valence-electron chi connectivity index (χ4n) is 1.42. The molecule has 1 N–H and O–H groups in total. The Balaban J connectivity index is 3.33. The molecule has 15 heavy (non-hydrogen) atoms. The van der Waals surface area contributed by atoms with Crippen molar-refractivity contribution in [2.24, 2.45) is 0 Å². The van der Waals surface area contributed by atoms with Gasteiger partial charge in [-0.2, -0.15) is 4.39 Å². The van der Waals surface area contributed by atoms with Gasteiger partial charge in [0.1, 0.15) is 0 Å². The number of hydrogen-bond acceptors (Lipinski definition) is 1. The molecule has 3 heteroatoms. The van der Waals surface area contributed by atoms with Crippen LogP contribution in [0.4, 0.5) is 4.39 Å². The maximum absolute atomic E-state index is 13.2. The molecule has 0 spiro atoms. The van der Waals surface area contributed by atoms with Gasteiger partial charge < -0.3 is 5.11 Å². The van der Waals surface area contributed by atoms with Crippen molar-refractivity contribution < 1.29 is 14.3 Å². The SMILES string of the molecule is CC(=C(F)C(=O)O)c1cc(C)ccc1C. The zero-order valence-electron chi connectivity index (χ0n) is 8.97. The second kappa shape index (κ2) is 4.26. The van der Waals surface area contributed by atoms with Crippen LogP contribution in [0.15, 0.2) is 24.0 Å². The van der Waals surface area contributed by atoms with Crippen molar-refractivity contribution in [3.8, 4) is 0 Å². The third-order valence-corrected chi connectivity index (χ3v) is 2.31. The van der Waals surface area contributed by atoms with Crippen LogP contribution in [0.3, 0.4) is 0 Å². The number of benzene rings is 1. The van der Waals surface area contributed by atoms with Crippen molar-refractivity contribution in [2.45, 2.75) is 20.8 Å². The van der Waals surface area contributed by atoms with E-state index in [9.17, 15) is 9.18 Å². The summed E-state index contributed by atoms with van der Waals surface area (Å²) in [6, 6.07) is 5.54. The van der Waals surface area contributed by atoms with Crippen LogP contribution in [0.1, 0.15) is 23.6 Å². The predicted molar refractivity (Wildman–Crippen MR) is 57.3 cm³/mol. The highest BCUT2D eigenvalue weighted by Crippen LogP contribution is 2.23. The summed E-state index contributed by atoms with van der Waals surface area (Å²) in [5.41, 5.74) is 2.67. The third kappa shape index (κ3) is 2.43. The monoisotopic (exact) mass is 208 g/mol. The van der Waals surface area contributed by atoms with Gasteiger partial charge in [-0.1, -0.05) is 23.8 Å². The Morgan fingerprint density at radius 1 is 1.33 bits per heavy atom. The normalized spacial score (nSPS) is 12.3. The van der Waals surface area contributed by atoms with Gasteiger partial charge >= 0.3 is 5.97 Å². The van der Waals surface area contributed by atoms with E-state index in [1.54, 1.807) is 6.07 Å². The summed E-state index contributed by atoms with van der Waals surface area (Å²) in [5.74, 6) is -2.61. The number of halogens is 1. The highest BCUT2D eigenvalue weighted by atomic mass is 19.1. The van der Waals surface area contributed by atoms with E-state index in [0.29, 0.717) is 5.56 Å². The van der Waals surface area contributed by atoms with Crippen molar-refractivity contribution >= 4 is 11.5 Å². The second-order valence-electron chi connectivity index (χ2n) is 3.56. The zero-order chi connectivity index (χ0) is 11.6. The van der Waals surface area contributed by atoms with Crippen molar-refractivity contribution in [2.75, 3.05) is 0 Å². The molecule has 0 aliphatic carbocycles. The van der Waals surface area contributed by atoms with Gasteiger partial charge in [0.25, 0.3) is 0 Å². The summed E-state index contributed by atoms with van der Waals surface area (Å²) in [5, 5.41) is 8.54. The second-order valence-corrected chi connectivity index (χ2v) is 3.56. The van der Waals surface area contributed by atoms with Crippen molar-refractivity contribution in [1.82, 2.24) is 0 Å². The number of rotatable bonds is 2. The Hall–Kier alpha value is -1.64. The Bertz CT molecular complexity index is 433. The number of aryl methyl sites for hydroxylation is 2. The van der Waals surface area contributed by atoms with Crippen LogP contribution in [-0.4, -0.2) is 11.1 Å². The van der Waals surface area contributed by atoms with Crippen molar-refractivity contribution in [3.63, 3.8) is 0 Å². The van der Waals surface area contributed by atoms with Crippen LogP contribution in [0.25, 0.3) is 5.57 Å². The summed E-state index contributed by atoms with van der Waals surface area (Å²) in [7, 11) is 0. The Morgan fingerprint density at radius 2 is 1.93 bits per heavy atom. The number of carboxylic acids is 1. The fourth-order valence-corrected chi connectivity index (χ4v) is 1.42. The first-order chi connectivity index (χ1) is 6.93. The quantitative estimate of drug-likeness (QED) is 0.758. The van der Waals surface area contributed by atoms with Crippen LogP contribution < -0.4 is 0 Å². The number of carboxylic acid groups (broad SMARTS) is 1. The van der Waals surface area contributed by atoms with Crippen LogP contribution in [0, 0.1) is 13.8 Å². The van der Waals surface area contributed by atoms with E-state index in [0.717, 1.165) is 11.1 Å². The smallest absolute Gasteiger partial charge is 0.365 e. The molecule has 1 aromatic carbocycles. The Morgan fingerprint density at radius 3 is 2.47 bits per heavy atom. The van der Waals surface area contributed by atoms with Gasteiger partial charge in [-0.15, -0.1) is 0 Å². The van der Waals surface area contributed by atoms with Crippen molar-refractivity contribution in [1.29, 1.82) is 0 Å². The van der Waals surface area contributed by atoms with Gasteiger partial charge in [0.15, 0.2) is 0 Å². The highest BCUT2D eigenvalue weighted by Gasteiger charge is 2.13. The van der Waals surface area contributed by atoms with E-state index in [-0.39, 0.29) is 5.57 Å². The largest absolute Gasteiger partial charge is 0.476 e. The average Bonchev–Trinajstić information content (AvgIpc) is 2.19. The molecule has 0 amide bonds. The van der Waals surface area contributed by atoms with E-state index in [4.69, 9.17) is 5.11 Å². The molecule has 0 saturated heterocycles. The summed E-state index contributed by atoms with van der Waals surface area (Å²) < 4.78 is 13.2. The van der Waals surface area contributed by atoms with E-state index in [1.807, 2.05) is 26.0 Å². The molecule has 0 unspecified atom stereocenters. The maximum atomic E-state index is 13.2. The molecule has 0 aliphatic rings. The number of hydrogen-bond donors (Lipinski definition) is 1. The lowest BCUT2D eigenvalue weighted by atomic mass is 9.99. The molecule has 80 valence electrons. The van der Waals surface area contributed by atoms with Gasteiger partial charge in [0.2, 0.25) is 5.83 Å². The van der Waals surface area contributed by atoms with Gasteiger partial charge in [0.05, 0.1) is 0 Å². The van der Waals surface area contributed by atoms with Crippen LogP contribution in [-0.2, 0) is 4.79 Å². The molecular formula is C12H13FO2. The summed E-state index contributed by atoms with van der Waals surface area (Å²) >= 11 is 0. The van der Waals surface area contributed by atoms with Crippen molar-refractivity contribution in [3.05, 3.63) is 40.7 Å². The van der Waals surface area contributed by atoms with Crippen LogP contribution in [0.2, 0.25) is 0 Å². The molecule has 1 aromatic rings. The summed E-state index contributed by atoms with van der Waals surface area (Å²) in [6.45, 7) is 5.19. The first-order valence-corrected chi connectivity index (χ1v) is 4.60. The third-order valence-electron chi connectivity index (χ3n) is 2.31. The Labute approximate surface area is 88.1 Å². The van der Waals surface area contributed by atoms with E-state index >= 15 is 0 Å². The molecular weight excluding hydrogens is 195 g/mol. The van der Waals surface area contributed by atoms with Gasteiger partial charge in [-0.3, -0.25) is 0 Å². The minimum Gasteiger partial charge on any atom is -0.476 e. The first-order valence-electron chi connectivity index (χ1n) is 4.60. The van der Waals surface area contributed by atoms with Crippen LogP contribution >= 0.6 is 0 Å². The zero-order valence-corrected chi connectivity index (χ0v) is 8.97. The lowest BCUT2D eigenvalue weighted by molar-refractivity contribution is -0.134. The molecule has 0 saturated carbocycles. The molecule has 2 nitrogen and oxygen atoms in total. The minimum atomic E-state index is -1.52. The number of aliphatic carboxylic acids is 1. The lowest BCUT2D eigenvalue weighted by Crippen LogP contribution is -1.99. The standard InChI is InChI=1S/C12H13FO2/c1-7-4-5-8(2)10(6-7)9(3)11(13)12(14)15/h4-6H,1-3H3,(H,14,15). The molecule has 0 aromatic heterocycles. The molecule has 0 heterocycles. The van der Waals surface area contributed by atoms with Crippen LogP contribution in [0.5, 0.6) is 0 Å². The lowest BCUT2D eigenvalue weighted by Gasteiger charge is -2.07.